The third-order valence-electron chi connectivity index (χ3n) is 4.01. The van der Waals surface area contributed by atoms with Gasteiger partial charge >= 0.3 is 0 Å². The Bertz CT molecular complexity index is 728. The number of aliphatic hydroxyl groups is 1. The summed E-state index contributed by atoms with van der Waals surface area (Å²) in [6.07, 6.45) is 2.54. The normalized spacial score (nSPS) is 15.4. The van der Waals surface area contributed by atoms with Crippen LogP contribution < -0.4 is 10.1 Å². The van der Waals surface area contributed by atoms with E-state index >= 15 is 0 Å². The minimum absolute atomic E-state index is 0.0660. The third kappa shape index (κ3) is 3.95. The van der Waals surface area contributed by atoms with Crippen molar-refractivity contribution in [1.82, 2.24) is 5.32 Å². The monoisotopic (exact) mass is 333 g/mol. The predicted molar refractivity (Wildman–Crippen MR) is 91.1 cm³/mol. The van der Waals surface area contributed by atoms with Gasteiger partial charge in [-0.05, 0) is 53.4 Å². The van der Waals surface area contributed by atoms with Crippen molar-refractivity contribution in [3.63, 3.8) is 0 Å². The van der Waals surface area contributed by atoms with Crippen LogP contribution in [0.15, 0.2) is 30.3 Å². The maximum absolute atomic E-state index is 11.2. The number of carbonyl (C=O) groups excluding carboxylic acids is 1. The number of ether oxygens (including phenoxy) is 1. The fourth-order valence-electron chi connectivity index (χ4n) is 2.66. The van der Waals surface area contributed by atoms with E-state index in [1.165, 1.54) is 6.92 Å². The largest absolute Gasteiger partial charge is 0.490 e. The van der Waals surface area contributed by atoms with Crippen LogP contribution in [0.5, 0.6) is 5.75 Å². The zero-order valence-electron chi connectivity index (χ0n) is 13.0. The van der Waals surface area contributed by atoms with Crippen molar-refractivity contribution in [2.75, 3.05) is 13.2 Å². The second-order valence-electron chi connectivity index (χ2n) is 6.01. The van der Waals surface area contributed by atoms with E-state index in [2.05, 4.69) is 5.32 Å². The van der Waals surface area contributed by atoms with Crippen LogP contribution in [0.1, 0.15) is 31.2 Å². The third-order valence-corrected chi connectivity index (χ3v) is 4.23. The SMILES string of the molecule is CC(=O)NCC(CO)c1cc(Cl)cc2ccc(OC3CC3)cc12. The van der Waals surface area contributed by atoms with Gasteiger partial charge in [0.05, 0.1) is 12.7 Å². The number of nitrogens with one attached hydrogen (secondary N) is 1. The Kier molecular flexibility index (Phi) is 4.74. The summed E-state index contributed by atoms with van der Waals surface area (Å²) >= 11 is 6.22. The Morgan fingerprint density at radius 1 is 1.39 bits per heavy atom. The first-order valence-electron chi connectivity index (χ1n) is 7.82. The van der Waals surface area contributed by atoms with E-state index in [0.29, 0.717) is 17.7 Å². The number of benzene rings is 2. The van der Waals surface area contributed by atoms with E-state index in [1.807, 2.05) is 30.3 Å². The van der Waals surface area contributed by atoms with Crippen LogP contribution in [0.4, 0.5) is 0 Å². The van der Waals surface area contributed by atoms with Crippen molar-refractivity contribution in [1.29, 1.82) is 0 Å². The predicted octanol–water partition coefficient (Wildman–Crippen LogP) is 3.25. The maximum Gasteiger partial charge on any atom is 0.216 e. The lowest BCUT2D eigenvalue weighted by atomic mass is 9.93. The Balaban J connectivity index is 1.99. The molecule has 0 bridgehead atoms. The highest BCUT2D eigenvalue weighted by Crippen LogP contribution is 2.34. The van der Waals surface area contributed by atoms with Crippen LogP contribution in [-0.2, 0) is 4.79 Å². The zero-order valence-corrected chi connectivity index (χ0v) is 13.8. The molecule has 0 radical (unpaired) electrons. The average molecular weight is 334 g/mol. The number of amides is 1. The summed E-state index contributed by atoms with van der Waals surface area (Å²) < 4.78 is 5.86. The van der Waals surface area contributed by atoms with Crippen molar-refractivity contribution in [3.05, 3.63) is 40.9 Å². The minimum Gasteiger partial charge on any atom is -0.490 e. The molecule has 0 aliphatic heterocycles. The molecule has 0 spiro atoms. The Morgan fingerprint density at radius 3 is 2.83 bits per heavy atom. The van der Waals surface area contributed by atoms with Gasteiger partial charge in [-0.15, -0.1) is 0 Å². The lowest BCUT2D eigenvalue weighted by molar-refractivity contribution is -0.119. The highest BCUT2D eigenvalue weighted by molar-refractivity contribution is 6.31. The first-order chi connectivity index (χ1) is 11.1. The topological polar surface area (TPSA) is 58.6 Å². The highest BCUT2D eigenvalue weighted by Gasteiger charge is 2.24. The lowest BCUT2D eigenvalue weighted by Gasteiger charge is -2.18. The summed E-state index contributed by atoms with van der Waals surface area (Å²) in [7, 11) is 0. The van der Waals surface area contributed by atoms with Gasteiger partial charge < -0.3 is 15.2 Å². The highest BCUT2D eigenvalue weighted by atomic mass is 35.5. The van der Waals surface area contributed by atoms with Crippen molar-refractivity contribution in [2.24, 2.45) is 0 Å². The van der Waals surface area contributed by atoms with E-state index in [9.17, 15) is 9.90 Å². The van der Waals surface area contributed by atoms with E-state index in [1.54, 1.807) is 0 Å². The number of hydrogen-bond acceptors (Lipinski definition) is 3. The first-order valence-corrected chi connectivity index (χ1v) is 8.20. The summed E-state index contributed by atoms with van der Waals surface area (Å²) in [4.78, 5) is 11.2. The fourth-order valence-corrected chi connectivity index (χ4v) is 2.89. The molecule has 1 unspecified atom stereocenters. The molecular formula is C18H20ClNO3. The molecule has 0 aromatic heterocycles. The maximum atomic E-state index is 11.2. The molecular weight excluding hydrogens is 314 g/mol. The van der Waals surface area contributed by atoms with Crippen LogP contribution in [0.2, 0.25) is 5.02 Å². The molecule has 23 heavy (non-hydrogen) atoms. The summed E-state index contributed by atoms with van der Waals surface area (Å²) in [6.45, 7) is 1.77. The molecule has 1 atom stereocenters. The summed E-state index contributed by atoms with van der Waals surface area (Å²) in [5, 5.41) is 15.1. The number of halogens is 1. The van der Waals surface area contributed by atoms with Gasteiger partial charge in [-0.25, -0.2) is 0 Å². The van der Waals surface area contributed by atoms with Gasteiger partial charge in [-0.2, -0.15) is 0 Å². The molecule has 2 aromatic rings. The van der Waals surface area contributed by atoms with Crippen molar-refractivity contribution in [3.8, 4) is 5.75 Å². The Hall–Kier alpha value is -1.78. The molecule has 1 amide bonds. The molecule has 1 aliphatic carbocycles. The fraction of sp³-hybridized carbons (Fsp3) is 0.389. The molecule has 0 heterocycles. The summed E-state index contributed by atoms with van der Waals surface area (Å²) in [5.41, 5.74) is 0.921. The number of hydrogen-bond donors (Lipinski definition) is 2. The molecule has 4 nitrogen and oxygen atoms in total. The van der Waals surface area contributed by atoms with Gasteiger partial charge in [0.1, 0.15) is 5.75 Å². The minimum atomic E-state index is -0.212. The van der Waals surface area contributed by atoms with Crippen LogP contribution in [-0.4, -0.2) is 30.3 Å². The molecule has 1 fully saturated rings. The van der Waals surface area contributed by atoms with Crippen LogP contribution >= 0.6 is 11.6 Å². The van der Waals surface area contributed by atoms with Gasteiger partial charge in [0, 0.05) is 24.4 Å². The molecule has 1 aliphatic rings. The lowest BCUT2D eigenvalue weighted by Crippen LogP contribution is -2.27. The molecule has 2 aromatic carbocycles. The molecule has 3 rings (SSSR count). The summed E-state index contributed by atoms with van der Waals surface area (Å²) in [5.74, 6) is 0.503. The van der Waals surface area contributed by atoms with Gasteiger partial charge in [-0.3, -0.25) is 4.79 Å². The van der Waals surface area contributed by atoms with Gasteiger partial charge in [-0.1, -0.05) is 17.7 Å². The van der Waals surface area contributed by atoms with Crippen molar-refractivity contribution in [2.45, 2.75) is 31.8 Å². The van der Waals surface area contributed by atoms with E-state index in [4.69, 9.17) is 16.3 Å². The number of carbonyl (C=O) groups is 1. The van der Waals surface area contributed by atoms with Crippen molar-refractivity contribution < 1.29 is 14.6 Å². The second kappa shape index (κ2) is 6.77. The number of rotatable bonds is 6. The average Bonchev–Trinajstić information content (AvgIpc) is 3.32. The molecule has 0 saturated heterocycles. The van der Waals surface area contributed by atoms with E-state index < -0.39 is 0 Å². The van der Waals surface area contributed by atoms with E-state index in [0.717, 1.165) is 34.9 Å². The Labute approximate surface area is 140 Å². The van der Waals surface area contributed by atoms with Crippen LogP contribution in [0.25, 0.3) is 10.8 Å². The number of fused-ring (bicyclic) bond motifs is 1. The standard InChI is InChI=1S/C18H20ClNO3/c1-11(22)20-9-13(10-21)17-7-14(19)6-12-2-3-16(8-18(12)17)23-15-4-5-15/h2-3,6-8,13,15,21H,4-5,9-10H2,1H3,(H,20,22). The smallest absolute Gasteiger partial charge is 0.216 e. The van der Waals surface area contributed by atoms with Crippen molar-refractivity contribution >= 4 is 28.3 Å². The molecule has 5 heteroatoms. The zero-order chi connectivity index (χ0) is 16.4. The molecule has 2 N–H and O–H groups in total. The van der Waals surface area contributed by atoms with Crippen LogP contribution in [0, 0.1) is 0 Å². The second-order valence-corrected chi connectivity index (χ2v) is 6.45. The van der Waals surface area contributed by atoms with Gasteiger partial charge in [0.25, 0.3) is 0 Å². The molecule has 1 saturated carbocycles. The quantitative estimate of drug-likeness (QED) is 0.853. The molecule has 122 valence electrons. The summed E-state index contributed by atoms with van der Waals surface area (Å²) in [6, 6.07) is 9.68. The van der Waals surface area contributed by atoms with Crippen LogP contribution in [0.3, 0.4) is 0 Å². The first kappa shape index (κ1) is 16.1. The van der Waals surface area contributed by atoms with Gasteiger partial charge in [0.15, 0.2) is 0 Å². The Morgan fingerprint density at radius 2 is 2.17 bits per heavy atom. The van der Waals surface area contributed by atoms with Gasteiger partial charge in [0.2, 0.25) is 5.91 Å². The van der Waals surface area contributed by atoms with E-state index in [-0.39, 0.29) is 18.4 Å². The number of aliphatic hydroxyl groups excluding tert-OH is 1.